The number of aldehydes is 1. The van der Waals surface area contributed by atoms with Gasteiger partial charge in [-0.1, -0.05) is 0 Å². The molecular formula is C6H12N2O7. The second kappa shape index (κ2) is 6.40. The number of carboxylic acid groups (broad SMARTS) is 1. The van der Waals surface area contributed by atoms with Crippen LogP contribution in [0.25, 0.3) is 0 Å². The van der Waals surface area contributed by atoms with E-state index in [4.69, 9.17) is 16.1 Å². The maximum Gasteiger partial charge on any atom is 0.335 e. The number of carboxylic acids is 1. The Morgan fingerprint density at radius 1 is 1.27 bits per heavy atom. The number of rotatable bonds is 7. The smallest absolute Gasteiger partial charge is 0.335 e. The number of aliphatic hydroxyl groups is 2. The first-order valence-electron chi connectivity index (χ1n) is 3.74. The van der Waals surface area contributed by atoms with Crippen molar-refractivity contribution in [3.63, 3.8) is 0 Å². The predicted molar refractivity (Wildman–Crippen MR) is 43.8 cm³/mol. The Morgan fingerprint density at radius 2 is 1.80 bits per heavy atom. The Bertz CT molecular complexity index is 224. The topological polar surface area (TPSA) is 165 Å². The van der Waals surface area contributed by atoms with Gasteiger partial charge in [0.05, 0.1) is 0 Å². The minimum atomic E-state index is -2.17. The van der Waals surface area contributed by atoms with Crippen molar-refractivity contribution in [2.75, 3.05) is 0 Å². The van der Waals surface area contributed by atoms with Gasteiger partial charge in [0, 0.05) is 0 Å². The van der Waals surface area contributed by atoms with Crippen LogP contribution in [0.4, 0.5) is 0 Å². The maximum atomic E-state index is 10.4. The second-order valence-corrected chi connectivity index (χ2v) is 2.61. The third-order valence-corrected chi connectivity index (χ3v) is 1.69. The summed E-state index contributed by atoms with van der Waals surface area (Å²) in [6.45, 7) is 0. The standard InChI is InChI=1S/C6H12N2O7/c7-14-2(1-9)5(15-8)3(10)4(11)6(12)13/h1-5,10-11H,7-8H2,(H,12,13)/t2-,3+,4-,5+/m0/s1. The van der Waals surface area contributed by atoms with Crippen LogP contribution in [0.1, 0.15) is 0 Å². The number of hydrogen-bond donors (Lipinski definition) is 5. The van der Waals surface area contributed by atoms with Crippen LogP contribution in [-0.2, 0) is 19.3 Å². The quantitative estimate of drug-likeness (QED) is 0.218. The molecule has 0 aromatic carbocycles. The lowest BCUT2D eigenvalue weighted by atomic mass is 10.0. The normalized spacial score (nSPS) is 18.9. The van der Waals surface area contributed by atoms with Gasteiger partial charge in [-0.25, -0.2) is 16.6 Å². The first kappa shape index (κ1) is 13.9. The van der Waals surface area contributed by atoms with E-state index in [1.54, 1.807) is 0 Å². The summed E-state index contributed by atoms with van der Waals surface area (Å²) < 4.78 is 0. The summed E-state index contributed by atoms with van der Waals surface area (Å²) in [4.78, 5) is 28.8. The van der Waals surface area contributed by atoms with E-state index >= 15 is 0 Å². The van der Waals surface area contributed by atoms with Gasteiger partial charge in [0.1, 0.15) is 12.2 Å². The summed E-state index contributed by atoms with van der Waals surface area (Å²) in [6.07, 6.45) is -7.05. The summed E-state index contributed by atoms with van der Waals surface area (Å²) in [7, 11) is 0. The number of nitrogens with two attached hydrogens (primary N) is 2. The highest BCUT2D eigenvalue weighted by molar-refractivity contribution is 5.73. The van der Waals surface area contributed by atoms with Gasteiger partial charge < -0.3 is 20.1 Å². The fourth-order valence-corrected chi connectivity index (χ4v) is 0.865. The van der Waals surface area contributed by atoms with Crippen molar-refractivity contribution in [1.82, 2.24) is 0 Å². The van der Waals surface area contributed by atoms with Crippen molar-refractivity contribution in [1.29, 1.82) is 0 Å². The summed E-state index contributed by atoms with van der Waals surface area (Å²) in [5.74, 6) is 7.67. The Hall–Kier alpha value is -1.10. The lowest BCUT2D eigenvalue weighted by Crippen LogP contribution is -2.52. The Balaban J connectivity index is 4.64. The number of carbonyl (C=O) groups is 2. The van der Waals surface area contributed by atoms with Crippen LogP contribution in [0, 0.1) is 0 Å². The van der Waals surface area contributed by atoms with E-state index in [1.165, 1.54) is 0 Å². The zero-order valence-corrected chi connectivity index (χ0v) is 7.52. The molecule has 15 heavy (non-hydrogen) atoms. The molecule has 0 unspecified atom stereocenters. The predicted octanol–water partition coefficient (Wildman–Crippen LogP) is -3.49. The van der Waals surface area contributed by atoms with Gasteiger partial charge in [0.15, 0.2) is 18.5 Å². The molecule has 7 N–H and O–H groups in total. The van der Waals surface area contributed by atoms with E-state index in [2.05, 4.69) is 15.6 Å². The van der Waals surface area contributed by atoms with Gasteiger partial charge in [0.2, 0.25) is 0 Å². The number of aliphatic carboxylic acids is 1. The molecule has 0 heterocycles. The molecule has 4 atom stereocenters. The molecular weight excluding hydrogens is 212 g/mol. The molecule has 0 amide bonds. The monoisotopic (exact) mass is 224 g/mol. The third kappa shape index (κ3) is 3.51. The average molecular weight is 224 g/mol. The van der Waals surface area contributed by atoms with Crippen molar-refractivity contribution in [2.45, 2.75) is 24.4 Å². The summed E-state index contributed by atoms with van der Waals surface area (Å²) in [5, 5.41) is 26.5. The van der Waals surface area contributed by atoms with Crippen molar-refractivity contribution in [2.24, 2.45) is 11.8 Å². The van der Waals surface area contributed by atoms with Crippen LogP contribution in [-0.4, -0.2) is 52.0 Å². The third-order valence-electron chi connectivity index (χ3n) is 1.69. The number of hydrogen-bond acceptors (Lipinski definition) is 8. The molecule has 0 aliphatic rings. The van der Waals surface area contributed by atoms with E-state index in [1.807, 2.05) is 0 Å². The lowest BCUT2D eigenvalue weighted by Gasteiger charge is -2.25. The molecule has 0 aromatic heterocycles. The minimum absolute atomic E-state index is 0.148. The molecule has 0 rings (SSSR count). The van der Waals surface area contributed by atoms with Crippen molar-refractivity contribution in [3.8, 4) is 0 Å². The molecule has 0 saturated carbocycles. The number of aliphatic hydroxyl groups excluding tert-OH is 2. The minimum Gasteiger partial charge on any atom is -0.479 e. The van der Waals surface area contributed by atoms with Gasteiger partial charge >= 0.3 is 5.97 Å². The molecule has 0 aromatic rings. The van der Waals surface area contributed by atoms with Crippen LogP contribution in [0.15, 0.2) is 0 Å². The fourth-order valence-electron chi connectivity index (χ4n) is 0.865. The van der Waals surface area contributed by atoms with Gasteiger partial charge in [-0.05, 0) is 0 Å². The second-order valence-electron chi connectivity index (χ2n) is 2.61. The molecule has 0 fully saturated rings. The van der Waals surface area contributed by atoms with Gasteiger partial charge in [-0.15, -0.1) is 0 Å². The molecule has 0 aliphatic carbocycles. The van der Waals surface area contributed by atoms with Crippen LogP contribution in [0.3, 0.4) is 0 Å². The van der Waals surface area contributed by atoms with Crippen LogP contribution < -0.4 is 11.8 Å². The summed E-state index contributed by atoms with van der Waals surface area (Å²) >= 11 is 0. The largest absolute Gasteiger partial charge is 0.479 e. The molecule has 9 heteroatoms. The highest BCUT2D eigenvalue weighted by Crippen LogP contribution is 2.08. The summed E-state index contributed by atoms with van der Waals surface area (Å²) in [5.41, 5.74) is 0. The molecule has 0 radical (unpaired) electrons. The fraction of sp³-hybridized carbons (Fsp3) is 0.667. The Labute approximate surface area is 84.1 Å². The summed E-state index contributed by atoms with van der Waals surface area (Å²) in [6, 6.07) is 0. The molecule has 0 aliphatic heterocycles. The maximum absolute atomic E-state index is 10.4. The average Bonchev–Trinajstić information content (AvgIpc) is 2.23. The van der Waals surface area contributed by atoms with E-state index in [0.717, 1.165) is 0 Å². The van der Waals surface area contributed by atoms with E-state index < -0.39 is 30.4 Å². The SMILES string of the molecule is NO[C@@H]([C@H](O)[C@H](O)C(=O)O)[C@H](C=O)ON. The van der Waals surface area contributed by atoms with Crippen molar-refractivity contribution >= 4 is 12.3 Å². The van der Waals surface area contributed by atoms with Gasteiger partial charge in [-0.2, -0.15) is 0 Å². The lowest BCUT2D eigenvalue weighted by molar-refractivity contribution is -0.175. The van der Waals surface area contributed by atoms with E-state index in [0.29, 0.717) is 0 Å². The zero-order valence-electron chi connectivity index (χ0n) is 7.52. The highest BCUT2D eigenvalue weighted by Gasteiger charge is 2.37. The van der Waals surface area contributed by atoms with Crippen molar-refractivity contribution in [3.05, 3.63) is 0 Å². The molecule has 88 valence electrons. The molecule has 0 spiro atoms. The van der Waals surface area contributed by atoms with Gasteiger partial charge in [0.25, 0.3) is 0 Å². The Kier molecular flexibility index (Phi) is 5.93. The first-order chi connectivity index (χ1) is 6.99. The highest BCUT2D eigenvalue weighted by atomic mass is 16.7. The first-order valence-corrected chi connectivity index (χ1v) is 3.74. The number of carbonyl (C=O) groups excluding carboxylic acids is 1. The van der Waals surface area contributed by atoms with Gasteiger partial charge in [-0.3, -0.25) is 9.68 Å². The van der Waals surface area contributed by atoms with Crippen LogP contribution in [0.5, 0.6) is 0 Å². The van der Waals surface area contributed by atoms with E-state index in [-0.39, 0.29) is 6.29 Å². The molecule has 0 saturated heterocycles. The van der Waals surface area contributed by atoms with E-state index in [9.17, 15) is 14.7 Å². The zero-order chi connectivity index (χ0) is 12.0. The van der Waals surface area contributed by atoms with Crippen LogP contribution >= 0.6 is 0 Å². The molecule has 0 bridgehead atoms. The molecule has 9 nitrogen and oxygen atoms in total. The van der Waals surface area contributed by atoms with Crippen LogP contribution in [0.2, 0.25) is 0 Å². The van der Waals surface area contributed by atoms with Crippen molar-refractivity contribution < 1.29 is 34.6 Å². The Morgan fingerprint density at radius 3 is 2.07 bits per heavy atom.